The summed E-state index contributed by atoms with van der Waals surface area (Å²) >= 11 is 0. The molecule has 0 saturated heterocycles. The van der Waals surface area contributed by atoms with E-state index in [1.165, 1.54) is 18.9 Å². The van der Waals surface area contributed by atoms with E-state index in [1.54, 1.807) is 4.68 Å². The quantitative estimate of drug-likeness (QED) is 0.648. The molecule has 3 heteroatoms. The first-order chi connectivity index (χ1) is 5.34. The van der Waals surface area contributed by atoms with E-state index in [0.29, 0.717) is 0 Å². The Kier molecular flexibility index (Phi) is 2.95. The van der Waals surface area contributed by atoms with Crippen LogP contribution in [0.15, 0.2) is 10.9 Å². The molecule has 61 valence electrons. The predicted octanol–water partition coefficient (Wildman–Crippen LogP) is 1.17. The Morgan fingerprint density at radius 3 is 3.00 bits per heavy atom. The highest BCUT2D eigenvalue weighted by Crippen LogP contribution is 1.94. The topological polar surface area (TPSA) is 37.8 Å². The van der Waals surface area contributed by atoms with E-state index in [1.807, 2.05) is 0 Å². The van der Waals surface area contributed by atoms with Gasteiger partial charge in [0.2, 0.25) is 0 Å². The van der Waals surface area contributed by atoms with Gasteiger partial charge in [0.15, 0.2) is 0 Å². The molecule has 1 N–H and O–H groups in total. The molecule has 0 aliphatic rings. The zero-order chi connectivity index (χ0) is 8.10. The number of hydrogen-bond donors (Lipinski definition) is 1. The van der Waals surface area contributed by atoms with Gasteiger partial charge in [-0.15, -0.1) is 0 Å². The lowest BCUT2D eigenvalue weighted by Gasteiger charge is -1.98. The molecule has 0 spiro atoms. The molecule has 1 aromatic rings. The van der Waals surface area contributed by atoms with Crippen LogP contribution in [0.25, 0.3) is 0 Å². The number of aromatic nitrogens is 2. The summed E-state index contributed by atoms with van der Waals surface area (Å²) in [5.41, 5.74) is 0.0149. The molecule has 0 fully saturated rings. The largest absolute Gasteiger partial charge is 0.293 e. The molecule has 0 aromatic carbocycles. The van der Waals surface area contributed by atoms with Crippen LogP contribution in [0.5, 0.6) is 0 Å². The fourth-order valence-corrected chi connectivity index (χ4v) is 0.991. The van der Waals surface area contributed by atoms with E-state index in [0.717, 1.165) is 13.0 Å². The van der Waals surface area contributed by atoms with Crippen LogP contribution in [0.3, 0.4) is 0 Å². The third kappa shape index (κ3) is 2.26. The molecule has 1 aromatic heterocycles. The summed E-state index contributed by atoms with van der Waals surface area (Å²) in [7, 11) is 0. The molecule has 3 nitrogen and oxygen atoms in total. The Bertz CT molecular complexity index is 249. The van der Waals surface area contributed by atoms with Crippen molar-refractivity contribution in [3.8, 4) is 0 Å². The van der Waals surface area contributed by atoms with E-state index in [-0.39, 0.29) is 5.56 Å². The molecule has 1 heterocycles. The van der Waals surface area contributed by atoms with Crippen molar-refractivity contribution in [1.82, 2.24) is 9.78 Å². The monoisotopic (exact) mass is 153 g/mol. The minimum Gasteiger partial charge on any atom is -0.293 e. The minimum atomic E-state index is 0.0149. The van der Waals surface area contributed by atoms with Gasteiger partial charge in [-0.2, -0.15) is 0 Å². The van der Waals surface area contributed by atoms with Gasteiger partial charge < -0.3 is 0 Å². The normalized spacial score (nSPS) is 10.3. The van der Waals surface area contributed by atoms with E-state index >= 15 is 0 Å². The van der Waals surface area contributed by atoms with Crippen LogP contribution in [0, 0.1) is 6.20 Å². The standard InChI is InChI=1S/C8H13N2O/c1-2-3-4-7-10-8(11)5-6-9-10/h5,9H,2-4,7H2,1H3. The molecule has 0 aliphatic heterocycles. The van der Waals surface area contributed by atoms with E-state index in [4.69, 9.17) is 0 Å². The zero-order valence-electron chi connectivity index (χ0n) is 6.76. The Hall–Kier alpha value is -0.990. The molecule has 1 rings (SSSR count). The predicted molar refractivity (Wildman–Crippen MR) is 43.4 cm³/mol. The number of nitrogens with one attached hydrogen (secondary N) is 1. The van der Waals surface area contributed by atoms with Gasteiger partial charge in [0, 0.05) is 12.6 Å². The average molecular weight is 153 g/mol. The van der Waals surface area contributed by atoms with Crippen molar-refractivity contribution in [2.45, 2.75) is 32.7 Å². The van der Waals surface area contributed by atoms with Crippen molar-refractivity contribution in [3.63, 3.8) is 0 Å². The first-order valence-electron chi connectivity index (χ1n) is 4.00. The molecular formula is C8H13N2O. The van der Waals surface area contributed by atoms with Crippen LogP contribution in [0.4, 0.5) is 0 Å². The van der Waals surface area contributed by atoms with Crippen LogP contribution in [0.2, 0.25) is 0 Å². The first kappa shape index (κ1) is 8.11. The lowest BCUT2D eigenvalue weighted by molar-refractivity contribution is 0.540. The number of nitrogens with zero attached hydrogens (tertiary/aromatic N) is 1. The van der Waals surface area contributed by atoms with Crippen molar-refractivity contribution in [3.05, 3.63) is 22.6 Å². The van der Waals surface area contributed by atoms with Crippen LogP contribution < -0.4 is 5.56 Å². The van der Waals surface area contributed by atoms with Crippen molar-refractivity contribution < 1.29 is 0 Å². The Labute approximate surface area is 66.0 Å². The Balaban J connectivity index is 2.39. The fourth-order valence-electron chi connectivity index (χ4n) is 0.991. The summed E-state index contributed by atoms with van der Waals surface area (Å²) in [5.74, 6) is 0. The lowest BCUT2D eigenvalue weighted by atomic mass is 10.2. The molecule has 0 amide bonds. The van der Waals surface area contributed by atoms with Crippen LogP contribution >= 0.6 is 0 Å². The molecule has 0 saturated carbocycles. The summed E-state index contributed by atoms with van der Waals surface area (Å²) in [6.07, 6.45) is 6.06. The summed E-state index contributed by atoms with van der Waals surface area (Å²) in [6.45, 7) is 2.93. The first-order valence-corrected chi connectivity index (χ1v) is 4.00. The average Bonchev–Trinajstić information content (AvgIpc) is 2.37. The summed E-state index contributed by atoms with van der Waals surface area (Å²) < 4.78 is 1.58. The SMILES string of the molecule is CCCCCn1[nH][c]cc1=O. The third-order valence-electron chi connectivity index (χ3n) is 1.65. The van der Waals surface area contributed by atoms with Gasteiger partial charge in [-0.25, -0.2) is 0 Å². The fraction of sp³-hybridized carbons (Fsp3) is 0.625. The second-order valence-corrected chi connectivity index (χ2v) is 2.60. The van der Waals surface area contributed by atoms with E-state index < -0.39 is 0 Å². The zero-order valence-corrected chi connectivity index (χ0v) is 6.76. The number of hydrogen-bond acceptors (Lipinski definition) is 1. The number of H-pyrrole nitrogens is 1. The van der Waals surface area contributed by atoms with Crippen molar-refractivity contribution >= 4 is 0 Å². The smallest absolute Gasteiger partial charge is 0.267 e. The highest BCUT2D eigenvalue weighted by atomic mass is 16.1. The molecule has 0 aliphatic carbocycles. The molecule has 1 radical (unpaired) electrons. The van der Waals surface area contributed by atoms with Crippen LogP contribution in [-0.4, -0.2) is 9.78 Å². The molecule has 0 atom stereocenters. The second kappa shape index (κ2) is 4.01. The van der Waals surface area contributed by atoms with E-state index in [9.17, 15) is 4.79 Å². The summed E-state index contributed by atoms with van der Waals surface area (Å²) in [5, 5.41) is 2.74. The maximum absolute atomic E-state index is 10.9. The second-order valence-electron chi connectivity index (χ2n) is 2.60. The molecular weight excluding hydrogens is 140 g/mol. The van der Waals surface area contributed by atoms with Gasteiger partial charge in [0.25, 0.3) is 5.56 Å². The van der Waals surface area contributed by atoms with Gasteiger partial charge in [-0.3, -0.25) is 14.6 Å². The highest BCUT2D eigenvalue weighted by Gasteiger charge is 1.93. The van der Waals surface area contributed by atoms with Gasteiger partial charge >= 0.3 is 0 Å². The minimum absolute atomic E-state index is 0.0149. The van der Waals surface area contributed by atoms with Crippen molar-refractivity contribution in [1.29, 1.82) is 0 Å². The van der Waals surface area contributed by atoms with Gasteiger partial charge in [-0.05, 0) is 6.42 Å². The number of unbranched alkanes of at least 4 members (excludes halogenated alkanes) is 2. The van der Waals surface area contributed by atoms with Crippen LogP contribution in [0.1, 0.15) is 26.2 Å². The van der Waals surface area contributed by atoms with Crippen LogP contribution in [-0.2, 0) is 6.54 Å². The summed E-state index contributed by atoms with van der Waals surface area (Å²) in [4.78, 5) is 10.9. The van der Waals surface area contributed by atoms with Gasteiger partial charge in [0.05, 0.1) is 6.20 Å². The van der Waals surface area contributed by atoms with Gasteiger partial charge in [0.1, 0.15) is 0 Å². The van der Waals surface area contributed by atoms with Crippen molar-refractivity contribution in [2.24, 2.45) is 0 Å². The molecule has 0 unspecified atom stereocenters. The van der Waals surface area contributed by atoms with Crippen molar-refractivity contribution in [2.75, 3.05) is 0 Å². The lowest BCUT2D eigenvalue weighted by Crippen LogP contribution is -2.15. The van der Waals surface area contributed by atoms with Gasteiger partial charge in [-0.1, -0.05) is 19.8 Å². The number of aryl methyl sites for hydroxylation is 1. The number of aromatic amines is 1. The number of rotatable bonds is 4. The van der Waals surface area contributed by atoms with E-state index in [2.05, 4.69) is 18.2 Å². The third-order valence-corrected chi connectivity index (χ3v) is 1.65. The molecule has 0 bridgehead atoms. The molecule has 11 heavy (non-hydrogen) atoms. The maximum Gasteiger partial charge on any atom is 0.267 e. The summed E-state index contributed by atoms with van der Waals surface area (Å²) in [6, 6.07) is 1.42. The maximum atomic E-state index is 10.9. The Morgan fingerprint density at radius 2 is 2.45 bits per heavy atom. The Morgan fingerprint density at radius 1 is 1.64 bits per heavy atom. The highest BCUT2D eigenvalue weighted by molar-refractivity contribution is 4.77.